The number of benzene rings is 18. The largest absolute Gasteiger partial charge is 0.416 e. The van der Waals surface area contributed by atoms with Crippen LogP contribution in [0.3, 0.4) is 0 Å². The van der Waals surface area contributed by atoms with Crippen LogP contribution in [0, 0.1) is 0 Å². The molecular weight excluding hydrogens is 1500 g/mol. The molecule has 121 heavy (non-hydrogen) atoms. The molecule has 0 N–H and O–H groups in total. The maximum absolute atomic E-state index is 6.82. The van der Waals surface area contributed by atoms with Gasteiger partial charge in [-0.3, -0.25) is 0 Å². The highest BCUT2D eigenvalue weighted by molar-refractivity contribution is 8.01. The van der Waals surface area contributed by atoms with Crippen LogP contribution in [0.1, 0.15) is 16.7 Å². The second kappa shape index (κ2) is 30.7. The first-order chi connectivity index (χ1) is 59.9. The molecule has 0 bridgehead atoms. The Labute approximate surface area is 705 Å². The van der Waals surface area contributed by atoms with Crippen LogP contribution in [0.2, 0.25) is 0 Å². The number of nitrogens with zero attached hydrogens (tertiary/aromatic N) is 8. The second-order valence-electron chi connectivity index (χ2n) is 30.5. The van der Waals surface area contributed by atoms with Gasteiger partial charge in [-0.15, -0.1) is 32.2 Å². The molecule has 3 heterocycles. The molecule has 11 heteroatoms. The van der Waals surface area contributed by atoms with Gasteiger partial charge in [0.1, 0.15) is 0 Å². The van der Waals surface area contributed by atoms with E-state index in [-0.39, 0.29) is 0 Å². The average Bonchev–Trinajstić information content (AvgIpc) is 1.51. The van der Waals surface area contributed by atoms with Gasteiger partial charge in [0, 0.05) is 101 Å². The molecule has 0 saturated carbocycles. The molecular formula is C110H74N8O2S. The molecule has 0 saturated heterocycles. The van der Waals surface area contributed by atoms with Crippen LogP contribution < -0.4 is 19.6 Å². The quantitative estimate of drug-likeness (QED) is 0.0731. The highest BCUT2D eigenvalue weighted by Gasteiger charge is 2.50. The van der Waals surface area contributed by atoms with Crippen LogP contribution in [-0.2, 0) is 11.2 Å². The van der Waals surface area contributed by atoms with E-state index in [0.717, 1.165) is 156 Å². The zero-order valence-corrected chi connectivity index (χ0v) is 66.4. The van der Waals surface area contributed by atoms with Crippen molar-refractivity contribution in [1.29, 1.82) is 0 Å². The molecule has 1 unspecified atom stereocenters. The third kappa shape index (κ3) is 13.2. The first-order valence-corrected chi connectivity index (χ1v) is 41.6. The Hall–Kier alpha value is -15.7. The third-order valence-electron chi connectivity index (χ3n) is 23.4. The fraction of sp³-hybridized carbons (Fsp3) is 0.0182. The topological polar surface area (TPSA) is 90.8 Å². The fourth-order valence-corrected chi connectivity index (χ4v) is 19.5. The summed E-state index contributed by atoms with van der Waals surface area (Å²) in [5, 5.41) is 23.4. The lowest BCUT2D eigenvalue weighted by molar-refractivity contribution is 0.582. The van der Waals surface area contributed by atoms with Crippen molar-refractivity contribution in [2.24, 2.45) is 0 Å². The highest BCUT2D eigenvalue weighted by atomic mass is 32.2. The summed E-state index contributed by atoms with van der Waals surface area (Å²) in [7, 11) is 0. The lowest BCUT2D eigenvalue weighted by Crippen LogP contribution is -2.21. The summed E-state index contributed by atoms with van der Waals surface area (Å²) in [6, 6.07) is 156. The molecule has 0 radical (unpaired) electrons. The van der Waals surface area contributed by atoms with Crippen molar-refractivity contribution in [3.05, 3.63) is 453 Å². The molecule has 0 fully saturated rings. The monoisotopic (exact) mass is 1570 g/mol. The molecule has 22 rings (SSSR count). The van der Waals surface area contributed by atoms with E-state index in [1.807, 2.05) is 72.4 Å². The number of anilines is 12. The Kier molecular flexibility index (Phi) is 18.2. The second-order valence-corrected chi connectivity index (χ2v) is 31.9. The Morgan fingerprint density at radius 3 is 0.868 bits per heavy atom. The predicted molar refractivity (Wildman–Crippen MR) is 496 cm³/mol. The molecule has 10 nitrogen and oxygen atoms in total. The van der Waals surface area contributed by atoms with Gasteiger partial charge in [-0.1, -0.05) is 249 Å². The average molecular weight is 1570 g/mol. The van der Waals surface area contributed by atoms with E-state index in [1.54, 1.807) is 0 Å². The van der Waals surface area contributed by atoms with Crippen LogP contribution in [0.4, 0.5) is 68.2 Å². The van der Waals surface area contributed by atoms with Crippen molar-refractivity contribution in [2.45, 2.75) is 16.1 Å². The number of aromatic nitrogens is 4. The van der Waals surface area contributed by atoms with E-state index in [9.17, 15) is 0 Å². The van der Waals surface area contributed by atoms with Gasteiger partial charge in [0.25, 0.3) is 0 Å². The van der Waals surface area contributed by atoms with Crippen LogP contribution in [-0.4, -0.2) is 20.4 Å². The minimum absolute atomic E-state index is 0.451. The van der Waals surface area contributed by atoms with E-state index >= 15 is 0 Å². The highest BCUT2D eigenvalue weighted by Crippen LogP contribution is 2.66. The fourth-order valence-electron chi connectivity index (χ4n) is 17.8. The number of rotatable bonds is 20. The summed E-state index contributed by atoms with van der Waals surface area (Å²) >= 11 is 1.89. The standard InChI is InChI=1S/C110H74N8O2S/c1-9-25-80(26-10-1)106-111-113-108(119-106)84-71-82-53-68-99(109-114-112-107(120-109)81-27-11-2-12-28-81)105-103(82)101(72-84)121-110(105)73-83-54-67-97(78-49-63-95(64-50-78)117(89-37-21-7-22-38-89)93-59-45-76(46-60-93)74-41-55-91(56-42-74)115(85-29-13-3-14-30-85)86-31-15-4-16-32-86)104-98(69-70-100(110)102(83)104)79-51-65-96(66-52-79)118(90-39-23-8-24-40-90)94-61-47-77(48-62-94)75-43-57-92(58-44-75)116(87-33-17-5-18-34-87)88-35-19-6-20-36-88/h1-72H,73H2. The van der Waals surface area contributed by atoms with Crippen LogP contribution in [0.5, 0.6) is 0 Å². The van der Waals surface area contributed by atoms with E-state index in [4.69, 9.17) is 19.0 Å². The summed E-state index contributed by atoms with van der Waals surface area (Å²) in [5.74, 6) is 1.84. The summed E-state index contributed by atoms with van der Waals surface area (Å²) in [4.78, 5) is 10.4. The lowest BCUT2D eigenvalue weighted by Gasteiger charge is -2.28. The normalized spacial score (nSPS) is 13.1. The molecule has 2 aliphatic rings. The van der Waals surface area contributed by atoms with Gasteiger partial charge in [0.05, 0.1) is 4.75 Å². The van der Waals surface area contributed by atoms with Gasteiger partial charge in [-0.05, 0) is 272 Å². The SMILES string of the molecule is c1ccc(-c2nnc(-c3cc4c5c(c(-c6nnc(-c7ccccc7)o6)ccc5c3)C3(Cc5ccc(-c6ccc(N(c7ccccc7)c7ccc(-c8ccc(N(c9ccccc9)c9ccccc9)cc8)cc7)cc6)c6c(-c7ccc(N(c8ccccc8)c8ccc(-c9ccc(N(c%10ccccc%10)c%10ccccc%10)cc9)cc8)cc7)ccc3c56)S4)o2)cc1. The van der Waals surface area contributed by atoms with Crippen LogP contribution in [0.25, 0.3) is 112 Å². The number of thioether (sulfide) groups is 1. The maximum Gasteiger partial charge on any atom is 0.248 e. The zero-order valence-electron chi connectivity index (χ0n) is 65.6. The number of para-hydroxylation sites is 6. The van der Waals surface area contributed by atoms with Crippen molar-refractivity contribution >= 4 is 102 Å². The minimum atomic E-state index is -0.658. The van der Waals surface area contributed by atoms with Gasteiger partial charge in [0.2, 0.25) is 23.6 Å². The van der Waals surface area contributed by atoms with Crippen molar-refractivity contribution in [1.82, 2.24) is 20.4 Å². The summed E-state index contributed by atoms with van der Waals surface area (Å²) < 4.78 is 12.7. The number of hydrogen-bond donors (Lipinski definition) is 0. The van der Waals surface area contributed by atoms with E-state index in [1.165, 1.54) is 21.9 Å². The molecule has 20 aromatic rings. The van der Waals surface area contributed by atoms with Gasteiger partial charge in [0.15, 0.2) is 0 Å². The molecule has 18 aromatic carbocycles. The third-order valence-corrected chi connectivity index (χ3v) is 24.8. The van der Waals surface area contributed by atoms with Gasteiger partial charge < -0.3 is 28.4 Å². The summed E-state index contributed by atoms with van der Waals surface area (Å²) in [6.07, 6.45) is 0.689. The lowest BCUT2D eigenvalue weighted by atomic mass is 9.83. The first kappa shape index (κ1) is 71.8. The molecule has 572 valence electrons. The number of fused-ring (bicyclic) bond motifs is 2. The Bertz CT molecular complexity index is 6790. The zero-order chi connectivity index (χ0) is 80.2. The predicted octanol–water partition coefficient (Wildman–Crippen LogP) is 29.9. The van der Waals surface area contributed by atoms with Crippen molar-refractivity contribution in [3.8, 4) is 90.3 Å². The van der Waals surface area contributed by atoms with E-state index in [0.29, 0.717) is 30.0 Å². The molecule has 1 aliphatic carbocycles. The smallest absolute Gasteiger partial charge is 0.248 e. The molecule has 1 atom stereocenters. The van der Waals surface area contributed by atoms with E-state index in [2.05, 4.69) is 406 Å². The summed E-state index contributed by atoms with van der Waals surface area (Å²) in [5.41, 5.74) is 28.8. The van der Waals surface area contributed by atoms with Crippen molar-refractivity contribution < 1.29 is 8.83 Å². The van der Waals surface area contributed by atoms with Crippen LogP contribution in [0.15, 0.2) is 451 Å². The van der Waals surface area contributed by atoms with Crippen molar-refractivity contribution in [2.75, 3.05) is 19.6 Å². The van der Waals surface area contributed by atoms with Gasteiger partial charge in [-0.25, -0.2) is 0 Å². The Balaban J connectivity index is 0.653. The molecule has 1 spiro atoms. The number of hydrogen-bond acceptors (Lipinski definition) is 11. The van der Waals surface area contributed by atoms with E-state index < -0.39 is 4.75 Å². The maximum atomic E-state index is 6.82. The molecule has 1 aliphatic heterocycles. The van der Waals surface area contributed by atoms with Gasteiger partial charge >= 0.3 is 0 Å². The summed E-state index contributed by atoms with van der Waals surface area (Å²) in [6.45, 7) is 0. The molecule has 0 amide bonds. The first-order valence-electron chi connectivity index (χ1n) is 40.8. The Morgan fingerprint density at radius 1 is 0.223 bits per heavy atom. The van der Waals surface area contributed by atoms with Crippen molar-refractivity contribution in [3.63, 3.8) is 0 Å². The van der Waals surface area contributed by atoms with Crippen LogP contribution >= 0.6 is 11.8 Å². The molecule has 2 aromatic heterocycles. The van der Waals surface area contributed by atoms with Gasteiger partial charge in [-0.2, -0.15) is 0 Å². The Morgan fingerprint density at radius 2 is 0.512 bits per heavy atom. The minimum Gasteiger partial charge on any atom is -0.416 e.